The van der Waals surface area contributed by atoms with Crippen molar-refractivity contribution in [1.29, 1.82) is 0 Å². The number of hydrogen-bond donors (Lipinski definition) is 0. The molecule has 2 aromatic rings. The van der Waals surface area contributed by atoms with Crippen LogP contribution in [0.25, 0.3) is 0 Å². The number of nitrogens with zero attached hydrogens (tertiary/aromatic N) is 2. The highest BCUT2D eigenvalue weighted by Gasteiger charge is 2.22. The molecule has 1 fully saturated rings. The summed E-state index contributed by atoms with van der Waals surface area (Å²) >= 11 is 0. The van der Waals surface area contributed by atoms with Crippen molar-refractivity contribution in [2.75, 3.05) is 31.1 Å². The topological polar surface area (TPSA) is 23.6 Å². The minimum absolute atomic E-state index is 0.144. The third kappa shape index (κ3) is 3.41. The third-order valence-corrected chi connectivity index (χ3v) is 4.56. The molecule has 0 aromatic heterocycles. The van der Waals surface area contributed by atoms with Crippen LogP contribution in [0.2, 0.25) is 0 Å². The number of piperazine rings is 1. The van der Waals surface area contributed by atoms with Gasteiger partial charge in [-0.1, -0.05) is 47.4 Å². The normalized spacial score (nSPS) is 14.9. The Morgan fingerprint density at radius 3 is 2.22 bits per heavy atom. The Kier molecular flexibility index (Phi) is 4.42. The Labute approximate surface area is 139 Å². The molecule has 0 bridgehead atoms. The van der Waals surface area contributed by atoms with E-state index in [1.165, 1.54) is 22.3 Å². The van der Waals surface area contributed by atoms with Gasteiger partial charge in [0.15, 0.2) is 0 Å². The molecule has 2 aromatic carbocycles. The second-order valence-electron chi connectivity index (χ2n) is 6.44. The minimum Gasteiger partial charge on any atom is -0.368 e. The van der Waals surface area contributed by atoms with E-state index in [9.17, 15) is 4.79 Å². The van der Waals surface area contributed by atoms with Gasteiger partial charge in [0.2, 0.25) is 0 Å². The largest absolute Gasteiger partial charge is 0.368 e. The van der Waals surface area contributed by atoms with Gasteiger partial charge in [-0.2, -0.15) is 0 Å². The van der Waals surface area contributed by atoms with Crippen LogP contribution >= 0.6 is 0 Å². The van der Waals surface area contributed by atoms with Crippen molar-refractivity contribution in [2.45, 2.75) is 13.8 Å². The number of carbonyl (C=O) groups excluding carboxylic acids is 1. The number of anilines is 1. The molecular formula is C19H23BN2O. The van der Waals surface area contributed by atoms with Crippen LogP contribution in [0.15, 0.2) is 42.5 Å². The van der Waals surface area contributed by atoms with Gasteiger partial charge in [-0.05, 0) is 25.5 Å². The van der Waals surface area contributed by atoms with Gasteiger partial charge in [-0.25, -0.2) is 0 Å². The van der Waals surface area contributed by atoms with Gasteiger partial charge in [0.05, 0.1) is 0 Å². The lowest BCUT2D eigenvalue weighted by atomic mass is 9.95. The van der Waals surface area contributed by atoms with Crippen molar-refractivity contribution in [2.24, 2.45) is 0 Å². The number of hydrogen-bond acceptors (Lipinski definition) is 2. The molecule has 0 spiro atoms. The molecule has 0 N–H and O–H groups in total. The first-order valence-corrected chi connectivity index (χ1v) is 8.23. The zero-order valence-corrected chi connectivity index (χ0v) is 14.2. The summed E-state index contributed by atoms with van der Waals surface area (Å²) in [4.78, 5) is 16.9. The molecule has 1 amide bonds. The summed E-state index contributed by atoms with van der Waals surface area (Å²) in [5.74, 6) is 0.144. The second kappa shape index (κ2) is 6.49. The van der Waals surface area contributed by atoms with E-state index in [4.69, 9.17) is 0 Å². The number of benzene rings is 2. The van der Waals surface area contributed by atoms with Crippen LogP contribution in [-0.4, -0.2) is 44.8 Å². The SMILES string of the molecule is Bc1ccc(C(=O)N2CCN(c3ccc(C)cc3C)CC2)cc1. The summed E-state index contributed by atoms with van der Waals surface area (Å²) in [5, 5.41) is 0. The van der Waals surface area contributed by atoms with E-state index in [-0.39, 0.29) is 5.91 Å². The van der Waals surface area contributed by atoms with Crippen LogP contribution in [0.1, 0.15) is 21.5 Å². The number of carbonyl (C=O) groups is 1. The molecule has 1 heterocycles. The fourth-order valence-electron chi connectivity index (χ4n) is 3.19. The summed E-state index contributed by atoms with van der Waals surface area (Å²) in [6.07, 6.45) is 0. The van der Waals surface area contributed by atoms with Gasteiger partial charge in [0.25, 0.3) is 5.91 Å². The molecule has 3 nitrogen and oxygen atoms in total. The standard InChI is InChI=1S/C19H23BN2O/c1-14-3-8-18(15(2)13-14)21-9-11-22(12-10-21)19(23)16-4-6-17(20)7-5-16/h3-8,13H,9-12,20H2,1-2H3. The average Bonchev–Trinajstić information content (AvgIpc) is 2.55. The Morgan fingerprint density at radius 1 is 0.957 bits per heavy atom. The second-order valence-corrected chi connectivity index (χ2v) is 6.44. The molecule has 118 valence electrons. The highest BCUT2D eigenvalue weighted by atomic mass is 16.2. The van der Waals surface area contributed by atoms with Gasteiger partial charge < -0.3 is 9.80 Å². The molecule has 1 saturated heterocycles. The first kappa shape index (κ1) is 15.7. The molecule has 1 aliphatic rings. The number of amides is 1. The summed E-state index contributed by atoms with van der Waals surface area (Å²) in [7, 11) is 2.04. The monoisotopic (exact) mass is 306 g/mol. The maximum atomic E-state index is 12.6. The molecule has 23 heavy (non-hydrogen) atoms. The molecular weight excluding hydrogens is 283 g/mol. The van der Waals surface area contributed by atoms with Crippen LogP contribution < -0.4 is 10.4 Å². The highest BCUT2D eigenvalue weighted by Crippen LogP contribution is 2.22. The van der Waals surface area contributed by atoms with Crippen molar-refractivity contribution in [1.82, 2.24) is 4.90 Å². The van der Waals surface area contributed by atoms with Crippen LogP contribution in [0.5, 0.6) is 0 Å². The maximum Gasteiger partial charge on any atom is 0.253 e. The van der Waals surface area contributed by atoms with E-state index in [0.717, 1.165) is 31.7 Å². The lowest BCUT2D eigenvalue weighted by Crippen LogP contribution is -2.49. The fourth-order valence-corrected chi connectivity index (χ4v) is 3.19. The van der Waals surface area contributed by atoms with E-state index in [2.05, 4.69) is 36.9 Å². The average molecular weight is 306 g/mol. The summed E-state index contributed by atoms with van der Waals surface area (Å²) in [6, 6.07) is 14.4. The smallest absolute Gasteiger partial charge is 0.253 e. The van der Waals surface area contributed by atoms with E-state index < -0.39 is 0 Å². The Balaban J connectivity index is 1.66. The van der Waals surface area contributed by atoms with Crippen molar-refractivity contribution in [3.05, 3.63) is 59.2 Å². The van der Waals surface area contributed by atoms with Crippen molar-refractivity contribution < 1.29 is 4.79 Å². The quantitative estimate of drug-likeness (QED) is 0.786. The third-order valence-electron chi connectivity index (χ3n) is 4.56. The van der Waals surface area contributed by atoms with Gasteiger partial charge in [-0.15, -0.1) is 0 Å². The minimum atomic E-state index is 0.144. The summed E-state index contributed by atoms with van der Waals surface area (Å²) in [5.41, 5.74) is 5.86. The molecule has 3 rings (SSSR count). The predicted molar refractivity (Wildman–Crippen MR) is 98.7 cm³/mol. The Hall–Kier alpha value is -2.23. The van der Waals surface area contributed by atoms with Gasteiger partial charge in [0.1, 0.15) is 7.85 Å². The van der Waals surface area contributed by atoms with E-state index in [1.54, 1.807) is 0 Å². The van der Waals surface area contributed by atoms with Crippen LogP contribution in [0.3, 0.4) is 0 Å². The van der Waals surface area contributed by atoms with E-state index in [0.29, 0.717) is 0 Å². The van der Waals surface area contributed by atoms with Gasteiger partial charge in [0, 0.05) is 37.4 Å². The predicted octanol–water partition coefficient (Wildman–Crippen LogP) is 1.52. The first-order valence-electron chi connectivity index (χ1n) is 8.23. The van der Waals surface area contributed by atoms with Gasteiger partial charge >= 0.3 is 0 Å². The highest BCUT2D eigenvalue weighted by molar-refractivity contribution is 6.32. The molecule has 1 aliphatic heterocycles. The zero-order chi connectivity index (χ0) is 16.4. The van der Waals surface area contributed by atoms with Crippen molar-refractivity contribution in [3.63, 3.8) is 0 Å². The van der Waals surface area contributed by atoms with Crippen LogP contribution in [0.4, 0.5) is 5.69 Å². The lowest BCUT2D eigenvalue weighted by Gasteiger charge is -2.37. The lowest BCUT2D eigenvalue weighted by molar-refractivity contribution is 0.0747. The molecule has 0 aliphatic carbocycles. The van der Waals surface area contributed by atoms with Crippen molar-refractivity contribution in [3.8, 4) is 0 Å². The number of rotatable bonds is 2. The Bertz CT molecular complexity index is 704. The number of aryl methyl sites for hydroxylation is 2. The first-order chi connectivity index (χ1) is 11.0. The molecule has 4 heteroatoms. The Morgan fingerprint density at radius 2 is 1.61 bits per heavy atom. The molecule has 0 atom stereocenters. The maximum absolute atomic E-state index is 12.6. The molecule has 0 saturated carbocycles. The van der Waals surface area contributed by atoms with Crippen LogP contribution in [-0.2, 0) is 0 Å². The molecule has 0 unspecified atom stereocenters. The summed E-state index contributed by atoms with van der Waals surface area (Å²) in [6.45, 7) is 7.62. The summed E-state index contributed by atoms with van der Waals surface area (Å²) < 4.78 is 0. The molecule has 0 radical (unpaired) electrons. The fraction of sp³-hybridized carbons (Fsp3) is 0.316. The van der Waals surface area contributed by atoms with Crippen LogP contribution in [0, 0.1) is 13.8 Å². The van der Waals surface area contributed by atoms with Gasteiger partial charge in [-0.3, -0.25) is 4.79 Å². The van der Waals surface area contributed by atoms with Crippen molar-refractivity contribution >= 4 is 24.9 Å². The zero-order valence-electron chi connectivity index (χ0n) is 14.2. The van der Waals surface area contributed by atoms with E-state index in [1.807, 2.05) is 37.0 Å². The van der Waals surface area contributed by atoms with E-state index >= 15 is 0 Å².